The fourth-order valence-electron chi connectivity index (χ4n) is 2.72. The topological polar surface area (TPSA) is 96.7 Å². The number of pyridine rings is 1. The number of anilines is 2. The molecule has 1 atom stereocenters. The van der Waals surface area contributed by atoms with Gasteiger partial charge in [-0.1, -0.05) is 12.1 Å². The molecule has 3 aromatic rings. The van der Waals surface area contributed by atoms with Gasteiger partial charge in [-0.2, -0.15) is 5.10 Å². The minimum Gasteiger partial charge on any atom is -0.399 e. The van der Waals surface area contributed by atoms with Crippen LogP contribution in [0.3, 0.4) is 0 Å². The van der Waals surface area contributed by atoms with Gasteiger partial charge in [-0.25, -0.2) is 13.8 Å². The van der Waals surface area contributed by atoms with Crippen molar-refractivity contribution in [1.82, 2.24) is 15.2 Å². The van der Waals surface area contributed by atoms with E-state index in [1.54, 1.807) is 30.3 Å². The second-order valence-electron chi connectivity index (χ2n) is 5.98. The van der Waals surface area contributed by atoms with Crippen LogP contribution < -0.4 is 11.1 Å². The highest BCUT2D eigenvalue weighted by Gasteiger charge is 2.20. The Morgan fingerprint density at radius 2 is 2.04 bits per heavy atom. The molecule has 4 N–H and O–H groups in total. The molecule has 1 amide bonds. The zero-order chi connectivity index (χ0) is 19.0. The first-order valence-electron chi connectivity index (χ1n) is 8.02. The average molecular weight is 387 g/mol. The summed E-state index contributed by atoms with van der Waals surface area (Å²) in [6.07, 6.45) is 2.51. The van der Waals surface area contributed by atoms with Gasteiger partial charge in [-0.3, -0.25) is 9.89 Å². The van der Waals surface area contributed by atoms with Gasteiger partial charge in [-0.15, -0.1) is 10.9 Å². The van der Waals surface area contributed by atoms with Crippen LogP contribution in [-0.4, -0.2) is 21.1 Å². The number of carbonyl (C=O) groups is 1. The van der Waals surface area contributed by atoms with Crippen LogP contribution in [0.4, 0.5) is 20.3 Å². The van der Waals surface area contributed by atoms with E-state index in [0.29, 0.717) is 27.4 Å². The number of nitrogens with two attached hydrogens (primary N) is 1. The maximum atomic E-state index is 13.9. The predicted octanol–water partition coefficient (Wildman–Crippen LogP) is 3.72. The summed E-state index contributed by atoms with van der Waals surface area (Å²) in [7, 11) is -1.54. The number of nitrogens with one attached hydrogen (secondary N) is 2. The SMILES string of the molecule is Nc1ccc(CC(=O)Nc2n[nH]c3ncc([SH]4C=C(F)C=C4F)cc23)cc1. The molecule has 4 rings (SSSR count). The van der Waals surface area contributed by atoms with Crippen molar-refractivity contribution >= 4 is 39.3 Å². The first-order valence-corrected chi connectivity index (χ1v) is 9.43. The summed E-state index contributed by atoms with van der Waals surface area (Å²) in [5.41, 5.74) is 7.51. The molecule has 27 heavy (non-hydrogen) atoms. The minimum absolute atomic E-state index is 0.153. The van der Waals surface area contributed by atoms with Crippen molar-refractivity contribution in [3.8, 4) is 0 Å². The number of aromatic amines is 1. The van der Waals surface area contributed by atoms with E-state index in [-0.39, 0.29) is 12.3 Å². The molecule has 3 heterocycles. The number of nitrogens with zero attached hydrogens (tertiary/aromatic N) is 2. The maximum absolute atomic E-state index is 13.9. The Morgan fingerprint density at radius 1 is 1.26 bits per heavy atom. The lowest BCUT2D eigenvalue weighted by atomic mass is 10.1. The lowest BCUT2D eigenvalue weighted by Crippen LogP contribution is -2.14. The van der Waals surface area contributed by atoms with E-state index in [2.05, 4.69) is 20.5 Å². The Bertz CT molecular complexity index is 1090. The van der Waals surface area contributed by atoms with Crippen LogP contribution >= 0.6 is 10.9 Å². The van der Waals surface area contributed by atoms with Crippen LogP contribution in [0.25, 0.3) is 11.0 Å². The number of halogens is 2. The monoisotopic (exact) mass is 387 g/mol. The molecule has 0 fully saturated rings. The van der Waals surface area contributed by atoms with Crippen LogP contribution in [0.15, 0.2) is 63.9 Å². The Hall–Kier alpha value is -3.20. The summed E-state index contributed by atoms with van der Waals surface area (Å²) in [6, 6.07) is 8.66. The zero-order valence-corrected chi connectivity index (χ0v) is 14.8. The number of fused-ring (bicyclic) bond motifs is 1. The van der Waals surface area contributed by atoms with E-state index >= 15 is 0 Å². The fraction of sp³-hybridized carbons (Fsp3) is 0.0556. The van der Waals surface area contributed by atoms with Crippen LogP contribution in [0.5, 0.6) is 0 Å². The summed E-state index contributed by atoms with van der Waals surface area (Å²) >= 11 is 0. The normalized spacial score (nSPS) is 17.6. The number of aromatic nitrogens is 3. The molecule has 1 aromatic carbocycles. The van der Waals surface area contributed by atoms with Crippen molar-refractivity contribution in [1.29, 1.82) is 0 Å². The van der Waals surface area contributed by atoms with E-state index in [0.717, 1.165) is 11.6 Å². The molecule has 9 heteroatoms. The van der Waals surface area contributed by atoms with Crippen LogP contribution in [0.1, 0.15) is 5.56 Å². The van der Waals surface area contributed by atoms with E-state index in [9.17, 15) is 13.6 Å². The van der Waals surface area contributed by atoms with Gasteiger partial charge >= 0.3 is 0 Å². The molecular formula is C18H15F2N5OS. The fourth-order valence-corrected chi connectivity index (χ4v) is 4.27. The molecule has 1 unspecified atom stereocenters. The van der Waals surface area contributed by atoms with Crippen molar-refractivity contribution < 1.29 is 13.6 Å². The maximum Gasteiger partial charge on any atom is 0.230 e. The Kier molecular flexibility index (Phi) is 4.36. The summed E-state index contributed by atoms with van der Waals surface area (Å²) < 4.78 is 27.2. The number of hydrogen-bond acceptors (Lipinski definition) is 4. The van der Waals surface area contributed by atoms with E-state index in [1.165, 1.54) is 11.6 Å². The third kappa shape index (κ3) is 3.54. The minimum atomic E-state index is -1.54. The second kappa shape index (κ2) is 6.84. The molecule has 1 aliphatic heterocycles. The standard InChI is InChI=1S/C18H15F2N5OS/c19-11-6-15(20)27(9-11)13-7-14-17(22-8-13)24-25-18(14)23-16(26)5-10-1-3-12(21)4-2-10/h1-4,6-9,27H,5,21H2,(H2,22,23,24,25,26). The largest absolute Gasteiger partial charge is 0.399 e. The first kappa shape index (κ1) is 17.2. The third-order valence-electron chi connectivity index (χ3n) is 4.02. The van der Waals surface area contributed by atoms with Gasteiger partial charge < -0.3 is 11.1 Å². The quantitative estimate of drug-likeness (QED) is 0.405. The summed E-state index contributed by atoms with van der Waals surface area (Å²) in [4.78, 5) is 17.0. The molecule has 2 aromatic heterocycles. The van der Waals surface area contributed by atoms with Gasteiger partial charge in [0.25, 0.3) is 0 Å². The van der Waals surface area contributed by atoms with Crippen molar-refractivity contribution in [3.05, 3.63) is 64.6 Å². The molecule has 0 saturated heterocycles. The van der Waals surface area contributed by atoms with Gasteiger partial charge in [-0.05, 0) is 29.2 Å². The van der Waals surface area contributed by atoms with E-state index in [4.69, 9.17) is 5.73 Å². The molecule has 0 aliphatic carbocycles. The lowest BCUT2D eigenvalue weighted by Gasteiger charge is -2.11. The number of allylic oxidation sites excluding steroid dienone is 2. The Labute approximate surface area is 155 Å². The number of benzene rings is 1. The molecule has 0 bridgehead atoms. The number of hydrogen-bond donors (Lipinski definition) is 4. The summed E-state index contributed by atoms with van der Waals surface area (Å²) in [5.74, 6) is -0.562. The Balaban J connectivity index is 1.57. The van der Waals surface area contributed by atoms with Crippen LogP contribution in [0, 0.1) is 0 Å². The summed E-state index contributed by atoms with van der Waals surface area (Å²) in [5, 5.41) is 10.8. The molecule has 0 saturated carbocycles. The molecule has 0 radical (unpaired) electrons. The third-order valence-corrected chi connectivity index (χ3v) is 5.92. The number of thiol groups is 1. The van der Waals surface area contributed by atoms with Crippen molar-refractivity contribution in [2.75, 3.05) is 11.1 Å². The smallest absolute Gasteiger partial charge is 0.230 e. The average Bonchev–Trinajstić information content (AvgIpc) is 3.19. The number of amides is 1. The zero-order valence-electron chi connectivity index (χ0n) is 13.9. The van der Waals surface area contributed by atoms with Gasteiger partial charge in [0.05, 0.1) is 11.8 Å². The highest BCUT2D eigenvalue weighted by atomic mass is 32.2. The second-order valence-corrected chi connectivity index (χ2v) is 7.92. The Morgan fingerprint density at radius 3 is 2.74 bits per heavy atom. The number of rotatable bonds is 4. The van der Waals surface area contributed by atoms with Crippen molar-refractivity contribution in [2.45, 2.75) is 11.3 Å². The first-order chi connectivity index (χ1) is 13.0. The number of carbonyl (C=O) groups excluding carboxylic acids is 1. The van der Waals surface area contributed by atoms with Crippen LogP contribution in [0.2, 0.25) is 0 Å². The van der Waals surface area contributed by atoms with Gasteiger partial charge in [0.2, 0.25) is 5.91 Å². The van der Waals surface area contributed by atoms with Gasteiger partial charge in [0.1, 0.15) is 11.0 Å². The number of nitrogen functional groups attached to an aromatic ring is 1. The van der Waals surface area contributed by atoms with Gasteiger partial charge in [0.15, 0.2) is 11.5 Å². The predicted molar refractivity (Wildman–Crippen MR) is 103 cm³/mol. The van der Waals surface area contributed by atoms with E-state index in [1.807, 2.05) is 0 Å². The molecule has 0 spiro atoms. The molecule has 1 aliphatic rings. The molecule has 6 nitrogen and oxygen atoms in total. The van der Waals surface area contributed by atoms with Crippen molar-refractivity contribution in [3.63, 3.8) is 0 Å². The molecular weight excluding hydrogens is 372 g/mol. The highest BCUT2D eigenvalue weighted by Crippen LogP contribution is 2.51. The number of H-pyrrole nitrogens is 1. The van der Waals surface area contributed by atoms with Crippen LogP contribution in [-0.2, 0) is 11.2 Å². The summed E-state index contributed by atoms with van der Waals surface area (Å²) in [6.45, 7) is 0. The lowest BCUT2D eigenvalue weighted by molar-refractivity contribution is -0.115. The van der Waals surface area contributed by atoms with Gasteiger partial charge in [0, 0.05) is 22.9 Å². The highest BCUT2D eigenvalue weighted by molar-refractivity contribution is 8.23. The van der Waals surface area contributed by atoms with Crippen molar-refractivity contribution in [2.24, 2.45) is 0 Å². The van der Waals surface area contributed by atoms with E-state index < -0.39 is 21.9 Å². The molecule has 138 valence electrons.